The van der Waals surface area contributed by atoms with Crippen molar-refractivity contribution in [2.75, 3.05) is 26.2 Å². The lowest BCUT2D eigenvalue weighted by Gasteiger charge is -2.36. The van der Waals surface area contributed by atoms with Crippen molar-refractivity contribution in [1.82, 2.24) is 19.8 Å². The average Bonchev–Trinajstić information content (AvgIpc) is 3.16. The summed E-state index contributed by atoms with van der Waals surface area (Å²) >= 11 is 6.30. The number of aryl methyl sites for hydroxylation is 1. The monoisotopic (exact) mass is 368 g/mol. The maximum Gasteiger partial charge on any atom is 0.127 e. The van der Waals surface area contributed by atoms with Gasteiger partial charge in [-0.05, 0) is 17.7 Å². The van der Waals surface area contributed by atoms with Crippen molar-refractivity contribution in [2.45, 2.75) is 19.0 Å². The molecule has 2 aromatic rings. The summed E-state index contributed by atoms with van der Waals surface area (Å²) in [4.78, 5) is 7.01. The number of halogens is 2. The van der Waals surface area contributed by atoms with Gasteiger partial charge in [-0.3, -0.25) is 4.90 Å². The van der Waals surface area contributed by atoms with E-state index in [-0.39, 0.29) is 18.4 Å². The lowest BCUT2D eigenvalue weighted by atomic mass is 10.1. The summed E-state index contributed by atoms with van der Waals surface area (Å²) in [6.07, 6.45) is 4.82. The molecule has 0 aliphatic carbocycles. The lowest BCUT2D eigenvalue weighted by Crippen LogP contribution is -2.46. The molecule has 0 spiro atoms. The normalized spacial score (nSPS) is 20.3. The minimum absolute atomic E-state index is 0. The zero-order valence-electron chi connectivity index (χ0n) is 13.7. The molecule has 24 heavy (non-hydrogen) atoms. The zero-order valence-corrected chi connectivity index (χ0v) is 15.2. The Labute approximate surface area is 153 Å². The quantitative estimate of drug-likeness (QED) is 0.903. The highest BCUT2D eigenvalue weighted by Gasteiger charge is 2.28. The second-order valence-electron chi connectivity index (χ2n) is 6.24. The minimum atomic E-state index is 0. The fourth-order valence-electron chi connectivity index (χ4n) is 3.57. The maximum atomic E-state index is 6.30. The molecule has 1 fully saturated rings. The summed E-state index contributed by atoms with van der Waals surface area (Å²) in [7, 11) is 2.05. The van der Waals surface area contributed by atoms with Gasteiger partial charge in [-0.1, -0.05) is 11.6 Å². The molecule has 130 valence electrons. The molecule has 0 radical (unpaired) electrons. The molecule has 2 aliphatic rings. The maximum absolute atomic E-state index is 6.30. The van der Waals surface area contributed by atoms with Crippen molar-refractivity contribution >= 4 is 24.0 Å². The molecule has 1 unspecified atom stereocenters. The number of nitrogens with zero attached hydrogens (tertiary/aromatic N) is 3. The Kier molecular flexibility index (Phi) is 5.35. The molecule has 0 amide bonds. The Morgan fingerprint density at radius 2 is 2.29 bits per heavy atom. The molecule has 1 aromatic heterocycles. The van der Waals surface area contributed by atoms with Crippen LogP contribution in [0.5, 0.6) is 5.75 Å². The molecule has 7 heteroatoms. The number of benzene rings is 1. The van der Waals surface area contributed by atoms with E-state index in [1.165, 1.54) is 11.1 Å². The molecule has 5 nitrogen and oxygen atoms in total. The van der Waals surface area contributed by atoms with E-state index in [2.05, 4.69) is 26.8 Å². The van der Waals surface area contributed by atoms with Gasteiger partial charge in [0.1, 0.15) is 11.6 Å². The highest BCUT2D eigenvalue weighted by Crippen LogP contribution is 2.35. The number of ether oxygens (including phenoxy) is 1. The first kappa shape index (κ1) is 17.5. The van der Waals surface area contributed by atoms with Crippen molar-refractivity contribution in [2.24, 2.45) is 7.05 Å². The van der Waals surface area contributed by atoms with E-state index >= 15 is 0 Å². The number of piperazine rings is 1. The van der Waals surface area contributed by atoms with Gasteiger partial charge < -0.3 is 14.6 Å². The molecular formula is C17H22Cl2N4O. The second kappa shape index (κ2) is 7.31. The molecule has 0 saturated carbocycles. The second-order valence-corrected chi connectivity index (χ2v) is 6.67. The highest BCUT2D eigenvalue weighted by molar-refractivity contribution is 6.30. The van der Waals surface area contributed by atoms with Gasteiger partial charge in [-0.15, -0.1) is 12.4 Å². The van der Waals surface area contributed by atoms with Crippen molar-refractivity contribution in [3.8, 4) is 5.75 Å². The Bertz CT molecular complexity index is 719. The zero-order chi connectivity index (χ0) is 15.8. The largest absolute Gasteiger partial charge is 0.493 e. The molecule has 0 bridgehead atoms. The SMILES string of the molecule is Cl.Cn1ccnc1C1CNCCN1Cc1cc(Cl)cc2c1OCC2. The van der Waals surface area contributed by atoms with Gasteiger partial charge >= 0.3 is 0 Å². The molecule has 3 heterocycles. The third kappa shape index (κ3) is 3.26. The van der Waals surface area contributed by atoms with Crippen LogP contribution in [0.1, 0.15) is 23.0 Å². The van der Waals surface area contributed by atoms with Crippen LogP contribution in [0.2, 0.25) is 5.02 Å². The van der Waals surface area contributed by atoms with E-state index in [4.69, 9.17) is 16.3 Å². The van der Waals surface area contributed by atoms with Crippen LogP contribution >= 0.6 is 24.0 Å². The number of hydrogen-bond donors (Lipinski definition) is 1. The first-order valence-electron chi connectivity index (χ1n) is 8.08. The third-order valence-electron chi connectivity index (χ3n) is 4.71. The van der Waals surface area contributed by atoms with E-state index in [0.29, 0.717) is 0 Å². The van der Waals surface area contributed by atoms with Gasteiger partial charge in [0.2, 0.25) is 0 Å². The van der Waals surface area contributed by atoms with Gasteiger partial charge in [-0.25, -0.2) is 4.98 Å². The summed E-state index contributed by atoms with van der Waals surface area (Å²) in [5.41, 5.74) is 2.42. The summed E-state index contributed by atoms with van der Waals surface area (Å²) in [6, 6.07) is 4.34. The van der Waals surface area contributed by atoms with Crippen molar-refractivity contribution in [1.29, 1.82) is 0 Å². The fraction of sp³-hybridized carbons (Fsp3) is 0.471. The molecule has 1 atom stereocenters. The predicted molar refractivity (Wildman–Crippen MR) is 97.1 cm³/mol. The molecule has 4 rings (SSSR count). The molecular weight excluding hydrogens is 347 g/mol. The van der Waals surface area contributed by atoms with Crippen LogP contribution in [0.25, 0.3) is 0 Å². The lowest BCUT2D eigenvalue weighted by molar-refractivity contribution is 0.143. The van der Waals surface area contributed by atoms with Crippen LogP contribution in [-0.2, 0) is 20.0 Å². The standard InChI is InChI=1S/C17H21ClN4O.ClH/c1-21-5-4-20-17(21)15-10-19-3-6-22(15)11-13-9-14(18)8-12-2-7-23-16(12)13;/h4-5,8-9,15,19H,2-3,6-7,10-11H2,1H3;1H. The van der Waals surface area contributed by atoms with Crippen molar-refractivity contribution < 1.29 is 4.74 Å². The van der Waals surface area contributed by atoms with Gasteiger partial charge in [0.05, 0.1) is 12.6 Å². The van der Waals surface area contributed by atoms with E-state index in [9.17, 15) is 0 Å². The Morgan fingerprint density at radius 3 is 3.08 bits per heavy atom. The van der Waals surface area contributed by atoms with E-state index in [1.807, 2.05) is 24.5 Å². The number of hydrogen-bond acceptors (Lipinski definition) is 4. The number of nitrogens with one attached hydrogen (secondary N) is 1. The Balaban J connectivity index is 0.00000169. The number of fused-ring (bicyclic) bond motifs is 1. The van der Waals surface area contributed by atoms with E-state index in [1.54, 1.807) is 0 Å². The van der Waals surface area contributed by atoms with Gasteiger partial charge in [-0.2, -0.15) is 0 Å². The first-order chi connectivity index (χ1) is 11.2. The van der Waals surface area contributed by atoms with Gasteiger partial charge in [0, 0.05) is 62.6 Å². The summed E-state index contributed by atoms with van der Waals surface area (Å²) in [5.74, 6) is 2.13. The van der Waals surface area contributed by atoms with Gasteiger partial charge in [0.15, 0.2) is 0 Å². The van der Waals surface area contributed by atoms with Crippen molar-refractivity contribution in [3.63, 3.8) is 0 Å². The van der Waals surface area contributed by atoms with Crippen molar-refractivity contribution in [3.05, 3.63) is 46.5 Å². The van der Waals surface area contributed by atoms with Crippen LogP contribution in [0.15, 0.2) is 24.5 Å². The third-order valence-corrected chi connectivity index (χ3v) is 4.93. The number of aromatic nitrogens is 2. The minimum Gasteiger partial charge on any atom is -0.493 e. The Morgan fingerprint density at radius 1 is 1.42 bits per heavy atom. The summed E-state index contributed by atoms with van der Waals surface area (Å²) < 4.78 is 7.95. The fourth-order valence-corrected chi connectivity index (χ4v) is 3.83. The van der Waals surface area contributed by atoms with Crippen LogP contribution in [0.4, 0.5) is 0 Å². The molecule has 1 aromatic carbocycles. The van der Waals surface area contributed by atoms with Crippen LogP contribution < -0.4 is 10.1 Å². The van der Waals surface area contributed by atoms with E-state index in [0.717, 1.165) is 55.8 Å². The first-order valence-corrected chi connectivity index (χ1v) is 8.46. The van der Waals surface area contributed by atoms with Crippen LogP contribution in [-0.4, -0.2) is 40.7 Å². The summed E-state index contributed by atoms with van der Waals surface area (Å²) in [5, 5.41) is 4.28. The molecule has 2 aliphatic heterocycles. The average molecular weight is 369 g/mol. The topological polar surface area (TPSA) is 42.3 Å². The molecule has 1 saturated heterocycles. The Hall–Kier alpha value is -1.27. The highest BCUT2D eigenvalue weighted by atomic mass is 35.5. The summed E-state index contributed by atoms with van der Waals surface area (Å²) in [6.45, 7) is 4.48. The van der Waals surface area contributed by atoms with Crippen LogP contribution in [0, 0.1) is 0 Å². The molecule has 1 N–H and O–H groups in total. The number of imidazole rings is 1. The number of rotatable bonds is 3. The smallest absolute Gasteiger partial charge is 0.127 e. The predicted octanol–water partition coefficient (Wildman–Crippen LogP) is 2.58. The van der Waals surface area contributed by atoms with Crippen LogP contribution in [0.3, 0.4) is 0 Å². The van der Waals surface area contributed by atoms with Gasteiger partial charge in [0.25, 0.3) is 0 Å². The van der Waals surface area contributed by atoms with E-state index < -0.39 is 0 Å².